The number of hydrogen-bond acceptors (Lipinski definition) is 3. The van der Waals surface area contributed by atoms with Crippen LogP contribution in [0.5, 0.6) is 0 Å². The lowest BCUT2D eigenvalue weighted by atomic mass is 10.2. The van der Waals surface area contributed by atoms with Gasteiger partial charge in [0.1, 0.15) is 6.23 Å². The van der Waals surface area contributed by atoms with Crippen LogP contribution in [0.25, 0.3) is 0 Å². The molecule has 0 aromatic carbocycles. The standard InChI is InChI=1S/C9H22N2O/c1-4-6-10-8(2)5-7-11-9(3)12/h8-12H,4-7H2,1-3H3. The highest BCUT2D eigenvalue weighted by molar-refractivity contribution is 4.61. The van der Waals surface area contributed by atoms with Crippen molar-refractivity contribution >= 4 is 0 Å². The minimum Gasteiger partial charge on any atom is -0.379 e. The van der Waals surface area contributed by atoms with Crippen LogP contribution in [0.2, 0.25) is 0 Å². The summed E-state index contributed by atoms with van der Waals surface area (Å²) in [5.41, 5.74) is 0. The van der Waals surface area contributed by atoms with Crippen molar-refractivity contribution in [1.29, 1.82) is 0 Å². The predicted molar refractivity (Wildman–Crippen MR) is 52.1 cm³/mol. The minimum absolute atomic E-state index is 0.386. The predicted octanol–water partition coefficient (Wildman–Crippen LogP) is 0.692. The summed E-state index contributed by atoms with van der Waals surface area (Å²) in [6.45, 7) is 8.02. The van der Waals surface area contributed by atoms with Crippen molar-refractivity contribution in [3.63, 3.8) is 0 Å². The highest BCUT2D eigenvalue weighted by atomic mass is 16.3. The largest absolute Gasteiger partial charge is 0.379 e. The van der Waals surface area contributed by atoms with Crippen LogP contribution in [-0.4, -0.2) is 30.5 Å². The molecule has 0 heterocycles. The number of aliphatic hydroxyl groups excluding tert-OH is 1. The van der Waals surface area contributed by atoms with E-state index in [0.29, 0.717) is 6.04 Å². The van der Waals surface area contributed by atoms with Gasteiger partial charge in [-0.2, -0.15) is 0 Å². The molecule has 0 saturated heterocycles. The summed E-state index contributed by atoms with van der Waals surface area (Å²) in [5, 5.41) is 15.3. The molecule has 0 aromatic rings. The van der Waals surface area contributed by atoms with E-state index in [0.717, 1.165) is 19.5 Å². The van der Waals surface area contributed by atoms with Crippen molar-refractivity contribution < 1.29 is 5.11 Å². The summed E-state index contributed by atoms with van der Waals surface area (Å²) in [6, 6.07) is 0.538. The molecule has 12 heavy (non-hydrogen) atoms. The monoisotopic (exact) mass is 174 g/mol. The molecular weight excluding hydrogens is 152 g/mol. The summed E-state index contributed by atoms with van der Waals surface area (Å²) >= 11 is 0. The molecule has 0 saturated carbocycles. The van der Waals surface area contributed by atoms with E-state index in [9.17, 15) is 0 Å². The van der Waals surface area contributed by atoms with Crippen LogP contribution < -0.4 is 10.6 Å². The van der Waals surface area contributed by atoms with Crippen LogP contribution in [0.15, 0.2) is 0 Å². The van der Waals surface area contributed by atoms with E-state index in [2.05, 4.69) is 24.5 Å². The molecule has 0 rings (SSSR count). The lowest BCUT2D eigenvalue weighted by Gasteiger charge is -2.14. The third kappa shape index (κ3) is 7.98. The fraction of sp³-hybridized carbons (Fsp3) is 1.00. The van der Waals surface area contributed by atoms with Crippen LogP contribution in [0, 0.1) is 0 Å². The lowest BCUT2D eigenvalue weighted by molar-refractivity contribution is 0.155. The van der Waals surface area contributed by atoms with E-state index in [-0.39, 0.29) is 6.23 Å². The summed E-state index contributed by atoms with van der Waals surface area (Å²) in [6.07, 6.45) is 1.85. The maximum Gasteiger partial charge on any atom is 0.102 e. The Kier molecular flexibility index (Phi) is 7.45. The van der Waals surface area contributed by atoms with Crippen LogP contribution in [-0.2, 0) is 0 Å². The van der Waals surface area contributed by atoms with E-state index < -0.39 is 0 Å². The zero-order chi connectivity index (χ0) is 9.40. The maximum absolute atomic E-state index is 8.91. The molecule has 2 unspecified atom stereocenters. The van der Waals surface area contributed by atoms with Crippen molar-refractivity contribution in [3.05, 3.63) is 0 Å². The van der Waals surface area contributed by atoms with Gasteiger partial charge in [-0.1, -0.05) is 6.92 Å². The van der Waals surface area contributed by atoms with Gasteiger partial charge in [-0.3, -0.25) is 5.32 Å². The van der Waals surface area contributed by atoms with Gasteiger partial charge in [-0.15, -0.1) is 0 Å². The molecule has 3 nitrogen and oxygen atoms in total. The van der Waals surface area contributed by atoms with E-state index in [4.69, 9.17) is 5.11 Å². The topological polar surface area (TPSA) is 44.3 Å². The van der Waals surface area contributed by atoms with Gasteiger partial charge in [0.05, 0.1) is 0 Å². The second-order valence-corrected chi connectivity index (χ2v) is 3.27. The highest BCUT2D eigenvalue weighted by Crippen LogP contribution is 1.89. The fourth-order valence-electron chi connectivity index (χ4n) is 1.00. The van der Waals surface area contributed by atoms with Gasteiger partial charge in [0.25, 0.3) is 0 Å². The van der Waals surface area contributed by atoms with Gasteiger partial charge >= 0.3 is 0 Å². The average molecular weight is 174 g/mol. The smallest absolute Gasteiger partial charge is 0.102 e. The summed E-state index contributed by atoms with van der Waals surface area (Å²) in [5.74, 6) is 0. The molecule has 0 aromatic heterocycles. The second-order valence-electron chi connectivity index (χ2n) is 3.27. The van der Waals surface area contributed by atoms with E-state index >= 15 is 0 Å². The quantitative estimate of drug-likeness (QED) is 0.498. The van der Waals surface area contributed by atoms with Crippen LogP contribution >= 0.6 is 0 Å². The third-order valence-electron chi connectivity index (χ3n) is 1.76. The Morgan fingerprint density at radius 2 is 1.83 bits per heavy atom. The number of rotatable bonds is 7. The van der Waals surface area contributed by atoms with Crippen LogP contribution in [0.1, 0.15) is 33.6 Å². The molecule has 74 valence electrons. The van der Waals surface area contributed by atoms with Gasteiger partial charge < -0.3 is 10.4 Å². The van der Waals surface area contributed by atoms with Gasteiger partial charge in [0, 0.05) is 6.04 Å². The van der Waals surface area contributed by atoms with Gasteiger partial charge in [-0.05, 0) is 39.8 Å². The summed E-state index contributed by atoms with van der Waals surface area (Å²) < 4.78 is 0. The molecule has 3 heteroatoms. The Labute approximate surface area is 75.6 Å². The number of nitrogens with one attached hydrogen (secondary N) is 2. The summed E-state index contributed by atoms with van der Waals surface area (Å²) in [7, 11) is 0. The molecule has 0 aliphatic heterocycles. The normalized spacial score (nSPS) is 16.0. The fourth-order valence-corrected chi connectivity index (χ4v) is 1.00. The molecule has 0 amide bonds. The number of aliphatic hydroxyl groups is 1. The third-order valence-corrected chi connectivity index (χ3v) is 1.76. The Morgan fingerprint density at radius 3 is 2.33 bits per heavy atom. The van der Waals surface area contributed by atoms with Crippen molar-refractivity contribution in [2.45, 2.75) is 45.9 Å². The molecule has 0 bridgehead atoms. The Hall–Kier alpha value is -0.120. The Morgan fingerprint density at radius 1 is 1.17 bits per heavy atom. The lowest BCUT2D eigenvalue weighted by Crippen LogP contribution is -2.33. The van der Waals surface area contributed by atoms with E-state index in [1.165, 1.54) is 6.42 Å². The highest BCUT2D eigenvalue weighted by Gasteiger charge is 2.00. The van der Waals surface area contributed by atoms with Gasteiger partial charge in [-0.25, -0.2) is 0 Å². The summed E-state index contributed by atoms with van der Waals surface area (Å²) in [4.78, 5) is 0. The Bertz CT molecular complexity index is 96.5. The maximum atomic E-state index is 8.91. The second kappa shape index (κ2) is 7.53. The Balaban J connectivity index is 3.13. The average Bonchev–Trinajstić information content (AvgIpc) is 2.00. The first-order chi connectivity index (χ1) is 5.66. The van der Waals surface area contributed by atoms with Gasteiger partial charge in [0.15, 0.2) is 0 Å². The van der Waals surface area contributed by atoms with Gasteiger partial charge in [0.2, 0.25) is 0 Å². The zero-order valence-corrected chi connectivity index (χ0v) is 8.43. The van der Waals surface area contributed by atoms with Crippen LogP contribution in [0.3, 0.4) is 0 Å². The van der Waals surface area contributed by atoms with Crippen molar-refractivity contribution in [1.82, 2.24) is 10.6 Å². The van der Waals surface area contributed by atoms with Crippen LogP contribution in [0.4, 0.5) is 0 Å². The van der Waals surface area contributed by atoms with Crippen molar-refractivity contribution in [3.8, 4) is 0 Å². The van der Waals surface area contributed by atoms with E-state index in [1.54, 1.807) is 6.92 Å². The first-order valence-corrected chi connectivity index (χ1v) is 4.81. The van der Waals surface area contributed by atoms with Crippen molar-refractivity contribution in [2.75, 3.05) is 13.1 Å². The molecule has 3 N–H and O–H groups in total. The molecular formula is C9H22N2O. The first kappa shape index (κ1) is 11.9. The van der Waals surface area contributed by atoms with E-state index in [1.807, 2.05) is 0 Å². The molecule has 0 fully saturated rings. The number of hydrogen-bond donors (Lipinski definition) is 3. The molecule has 0 aliphatic rings. The first-order valence-electron chi connectivity index (χ1n) is 4.81. The molecule has 0 radical (unpaired) electrons. The van der Waals surface area contributed by atoms with Crippen molar-refractivity contribution in [2.24, 2.45) is 0 Å². The zero-order valence-electron chi connectivity index (χ0n) is 8.43. The molecule has 0 aliphatic carbocycles. The molecule has 2 atom stereocenters. The SMILES string of the molecule is CCCNC(C)CCNC(C)O. The minimum atomic E-state index is -0.386. The molecule has 0 spiro atoms.